The number of rotatable bonds is 5. The SMILES string of the molecule is CN(Cc1csc(Br)c1)C(C)(CN)C1(C)CC1. The quantitative estimate of drug-likeness (QED) is 0.901. The average molecular weight is 317 g/mol. The molecule has 1 unspecified atom stereocenters. The van der Waals surface area contributed by atoms with Gasteiger partial charge in [0.25, 0.3) is 0 Å². The molecule has 1 aliphatic carbocycles. The fraction of sp³-hybridized carbons (Fsp3) is 0.692. The van der Waals surface area contributed by atoms with Crippen molar-refractivity contribution < 1.29 is 0 Å². The molecule has 1 atom stereocenters. The van der Waals surface area contributed by atoms with Crippen molar-refractivity contribution >= 4 is 27.3 Å². The average Bonchev–Trinajstić information content (AvgIpc) is 2.92. The van der Waals surface area contributed by atoms with Crippen LogP contribution in [-0.4, -0.2) is 24.0 Å². The van der Waals surface area contributed by atoms with Crippen molar-refractivity contribution in [3.05, 3.63) is 20.8 Å². The van der Waals surface area contributed by atoms with Crippen molar-refractivity contribution in [1.29, 1.82) is 0 Å². The van der Waals surface area contributed by atoms with Crippen molar-refractivity contribution in [2.75, 3.05) is 13.6 Å². The third-order valence-corrected chi connectivity index (χ3v) is 6.13. The Morgan fingerprint density at radius 1 is 1.59 bits per heavy atom. The van der Waals surface area contributed by atoms with Crippen molar-refractivity contribution in [3.63, 3.8) is 0 Å². The minimum absolute atomic E-state index is 0.113. The largest absolute Gasteiger partial charge is 0.329 e. The zero-order valence-corrected chi connectivity index (χ0v) is 13.2. The van der Waals surface area contributed by atoms with Gasteiger partial charge in [-0.15, -0.1) is 11.3 Å². The molecule has 0 radical (unpaired) electrons. The summed E-state index contributed by atoms with van der Waals surface area (Å²) < 4.78 is 1.20. The molecular weight excluding hydrogens is 296 g/mol. The lowest BCUT2D eigenvalue weighted by Gasteiger charge is -2.43. The monoisotopic (exact) mass is 316 g/mol. The van der Waals surface area contributed by atoms with Gasteiger partial charge < -0.3 is 5.73 Å². The molecule has 2 rings (SSSR count). The van der Waals surface area contributed by atoms with Gasteiger partial charge in [0.05, 0.1) is 3.79 Å². The van der Waals surface area contributed by atoms with Crippen LogP contribution in [0.4, 0.5) is 0 Å². The van der Waals surface area contributed by atoms with Crippen LogP contribution in [0.2, 0.25) is 0 Å². The lowest BCUT2D eigenvalue weighted by Crippen LogP contribution is -2.54. The van der Waals surface area contributed by atoms with Crippen LogP contribution in [0.3, 0.4) is 0 Å². The van der Waals surface area contributed by atoms with E-state index < -0.39 is 0 Å². The van der Waals surface area contributed by atoms with E-state index in [4.69, 9.17) is 5.73 Å². The number of nitrogens with two attached hydrogens (primary N) is 1. The summed E-state index contributed by atoms with van der Waals surface area (Å²) in [7, 11) is 2.20. The second kappa shape index (κ2) is 4.65. The van der Waals surface area contributed by atoms with Crippen LogP contribution < -0.4 is 5.73 Å². The summed E-state index contributed by atoms with van der Waals surface area (Å²) in [6.07, 6.45) is 2.61. The summed E-state index contributed by atoms with van der Waals surface area (Å²) in [5.41, 5.74) is 7.93. The summed E-state index contributed by atoms with van der Waals surface area (Å²) in [4.78, 5) is 2.43. The van der Waals surface area contributed by atoms with E-state index in [1.807, 2.05) is 0 Å². The maximum atomic E-state index is 6.04. The zero-order valence-electron chi connectivity index (χ0n) is 10.8. The van der Waals surface area contributed by atoms with E-state index in [0.717, 1.165) is 13.1 Å². The molecule has 1 heterocycles. The number of nitrogens with zero attached hydrogens (tertiary/aromatic N) is 1. The van der Waals surface area contributed by atoms with Gasteiger partial charge in [-0.05, 0) is 65.2 Å². The van der Waals surface area contributed by atoms with Crippen LogP contribution in [0.1, 0.15) is 32.3 Å². The highest BCUT2D eigenvalue weighted by molar-refractivity contribution is 9.11. The minimum Gasteiger partial charge on any atom is -0.329 e. The van der Waals surface area contributed by atoms with E-state index in [-0.39, 0.29) is 5.54 Å². The standard InChI is InChI=1S/C13H21BrN2S/c1-12(4-5-12)13(2,9-15)16(3)7-10-6-11(14)17-8-10/h6,8H,4-5,7,9,15H2,1-3H3. The van der Waals surface area contributed by atoms with Gasteiger partial charge in [0.2, 0.25) is 0 Å². The molecular formula is C13H21BrN2S. The van der Waals surface area contributed by atoms with Gasteiger partial charge in [-0.1, -0.05) is 6.92 Å². The van der Waals surface area contributed by atoms with Crippen LogP contribution in [0.5, 0.6) is 0 Å². The topological polar surface area (TPSA) is 29.3 Å². The first-order valence-corrected chi connectivity index (χ1v) is 7.73. The molecule has 1 aromatic rings. The molecule has 2 nitrogen and oxygen atoms in total. The summed E-state index contributed by atoms with van der Waals surface area (Å²) in [6.45, 7) is 6.37. The molecule has 2 N–H and O–H groups in total. The predicted molar refractivity (Wildman–Crippen MR) is 78.3 cm³/mol. The van der Waals surface area contributed by atoms with Crippen molar-refractivity contribution in [2.24, 2.45) is 11.1 Å². The first kappa shape index (κ1) is 13.5. The maximum Gasteiger partial charge on any atom is 0.0701 e. The van der Waals surface area contributed by atoms with Crippen molar-refractivity contribution in [1.82, 2.24) is 4.90 Å². The fourth-order valence-electron chi connectivity index (χ4n) is 2.47. The Morgan fingerprint density at radius 2 is 2.24 bits per heavy atom. The molecule has 96 valence electrons. The lowest BCUT2D eigenvalue weighted by molar-refractivity contribution is 0.0660. The van der Waals surface area contributed by atoms with E-state index in [1.165, 1.54) is 22.2 Å². The molecule has 0 bridgehead atoms. The Bertz CT molecular complexity index is 400. The number of hydrogen-bond donors (Lipinski definition) is 1. The molecule has 1 aliphatic rings. The number of halogens is 1. The number of likely N-dealkylation sites (N-methyl/N-ethyl adjacent to an activating group) is 1. The number of thiophene rings is 1. The molecule has 4 heteroatoms. The van der Waals surface area contributed by atoms with Crippen LogP contribution in [0.25, 0.3) is 0 Å². The Hall–Kier alpha value is 0.1000. The summed E-state index contributed by atoms with van der Waals surface area (Å²) >= 11 is 5.26. The molecule has 0 aliphatic heterocycles. The molecule has 0 amide bonds. The van der Waals surface area contributed by atoms with Gasteiger partial charge >= 0.3 is 0 Å². The first-order valence-electron chi connectivity index (χ1n) is 6.05. The Labute approximate surface area is 116 Å². The highest BCUT2D eigenvalue weighted by Gasteiger charge is 2.54. The van der Waals surface area contributed by atoms with Crippen LogP contribution in [-0.2, 0) is 6.54 Å². The third-order valence-electron chi connectivity index (χ3n) is 4.58. The maximum absolute atomic E-state index is 6.04. The molecule has 0 spiro atoms. The predicted octanol–water partition coefficient (Wildman–Crippen LogP) is 3.46. The lowest BCUT2D eigenvalue weighted by atomic mass is 9.82. The fourth-order valence-corrected chi connectivity index (χ4v) is 3.67. The van der Waals surface area contributed by atoms with Gasteiger partial charge in [-0.2, -0.15) is 0 Å². The van der Waals surface area contributed by atoms with Gasteiger partial charge in [-0.3, -0.25) is 4.90 Å². The molecule has 0 aromatic carbocycles. The third kappa shape index (κ3) is 2.46. The second-order valence-electron chi connectivity index (χ2n) is 5.65. The summed E-state index contributed by atoms with van der Waals surface area (Å²) in [5.74, 6) is 0. The summed E-state index contributed by atoms with van der Waals surface area (Å²) in [5, 5.41) is 2.22. The molecule has 1 aromatic heterocycles. The minimum atomic E-state index is 0.113. The Balaban J connectivity index is 2.10. The first-order chi connectivity index (χ1) is 7.91. The normalized spacial score (nSPS) is 21.5. The zero-order chi connectivity index (χ0) is 12.7. The molecule has 1 fully saturated rings. The van der Waals surface area contributed by atoms with E-state index in [9.17, 15) is 0 Å². The van der Waals surface area contributed by atoms with Crippen LogP contribution in [0.15, 0.2) is 15.2 Å². The van der Waals surface area contributed by atoms with E-state index in [0.29, 0.717) is 5.41 Å². The van der Waals surface area contributed by atoms with Gasteiger partial charge in [0.1, 0.15) is 0 Å². The van der Waals surface area contributed by atoms with Gasteiger partial charge in [0, 0.05) is 18.6 Å². The number of hydrogen-bond acceptors (Lipinski definition) is 3. The molecule has 1 saturated carbocycles. The molecule has 0 saturated heterocycles. The van der Waals surface area contributed by atoms with Gasteiger partial charge in [-0.25, -0.2) is 0 Å². The highest BCUT2D eigenvalue weighted by atomic mass is 79.9. The van der Waals surface area contributed by atoms with E-state index in [2.05, 4.69) is 53.2 Å². The molecule has 17 heavy (non-hydrogen) atoms. The van der Waals surface area contributed by atoms with Crippen molar-refractivity contribution in [3.8, 4) is 0 Å². The summed E-state index contributed by atoms with van der Waals surface area (Å²) in [6, 6.07) is 2.20. The van der Waals surface area contributed by atoms with Crippen molar-refractivity contribution in [2.45, 2.75) is 38.8 Å². The van der Waals surface area contributed by atoms with Crippen LogP contribution >= 0.6 is 27.3 Å². The Morgan fingerprint density at radius 3 is 2.65 bits per heavy atom. The smallest absolute Gasteiger partial charge is 0.0701 e. The van der Waals surface area contributed by atoms with Gasteiger partial charge in [0.15, 0.2) is 0 Å². The Kier molecular flexibility index (Phi) is 3.70. The second-order valence-corrected chi connectivity index (χ2v) is 7.94. The van der Waals surface area contributed by atoms with Crippen LogP contribution in [0, 0.1) is 5.41 Å². The van der Waals surface area contributed by atoms with E-state index >= 15 is 0 Å². The van der Waals surface area contributed by atoms with E-state index in [1.54, 1.807) is 11.3 Å². The highest BCUT2D eigenvalue weighted by Crippen LogP contribution is 2.55.